The van der Waals surface area contributed by atoms with E-state index in [9.17, 15) is 14.7 Å². The van der Waals surface area contributed by atoms with Crippen LogP contribution in [0.25, 0.3) is 6.08 Å². The standard InChI is InChI=1S/C22H20ClNO5S2/c1-3-16(21(26)27)24-20(25)19(31-22(24)30)11-13-8-9-17(18(10-13)28-2)29-12-14-6-4-5-7-15(14)23/h4-11,16H,3,12H2,1-2H3,(H,26,27)/b19-11-/t16-/m1/s1. The number of nitrogens with zero attached hydrogens (tertiary/aromatic N) is 1. The Morgan fingerprint density at radius 3 is 2.68 bits per heavy atom. The zero-order valence-corrected chi connectivity index (χ0v) is 19.2. The van der Waals surface area contributed by atoms with Crippen LogP contribution in [0.1, 0.15) is 24.5 Å². The molecule has 0 unspecified atom stereocenters. The van der Waals surface area contributed by atoms with Crippen molar-refractivity contribution in [2.24, 2.45) is 0 Å². The SMILES string of the molecule is CC[C@H](C(=O)O)N1C(=O)/C(=C/c2ccc(OCc3ccccc3Cl)c(OC)c2)SC1=S. The van der Waals surface area contributed by atoms with E-state index < -0.39 is 17.9 Å². The Morgan fingerprint density at radius 1 is 1.29 bits per heavy atom. The lowest BCUT2D eigenvalue weighted by Crippen LogP contribution is -2.43. The number of aliphatic carboxylic acids is 1. The third-order valence-electron chi connectivity index (χ3n) is 4.63. The number of amides is 1. The van der Waals surface area contributed by atoms with Crippen molar-refractivity contribution in [3.63, 3.8) is 0 Å². The summed E-state index contributed by atoms with van der Waals surface area (Å²) in [6.45, 7) is 1.98. The number of carbonyl (C=O) groups excluding carboxylic acids is 1. The molecule has 1 fully saturated rings. The first-order chi connectivity index (χ1) is 14.8. The lowest BCUT2D eigenvalue weighted by Gasteiger charge is -2.21. The van der Waals surface area contributed by atoms with Crippen LogP contribution < -0.4 is 9.47 Å². The molecule has 1 atom stereocenters. The highest BCUT2D eigenvalue weighted by atomic mass is 35.5. The van der Waals surface area contributed by atoms with Gasteiger partial charge in [-0.3, -0.25) is 9.69 Å². The smallest absolute Gasteiger partial charge is 0.326 e. The first-order valence-electron chi connectivity index (χ1n) is 9.39. The summed E-state index contributed by atoms with van der Waals surface area (Å²) < 4.78 is 11.5. The highest BCUT2D eigenvalue weighted by Gasteiger charge is 2.39. The minimum atomic E-state index is -1.08. The zero-order valence-electron chi connectivity index (χ0n) is 16.8. The zero-order chi connectivity index (χ0) is 22.5. The summed E-state index contributed by atoms with van der Waals surface area (Å²) in [7, 11) is 1.53. The number of halogens is 1. The van der Waals surface area contributed by atoms with Gasteiger partial charge in [-0.15, -0.1) is 0 Å². The Labute approximate surface area is 194 Å². The van der Waals surface area contributed by atoms with Gasteiger partial charge in [0.05, 0.1) is 12.0 Å². The number of benzene rings is 2. The van der Waals surface area contributed by atoms with E-state index in [1.165, 1.54) is 7.11 Å². The van der Waals surface area contributed by atoms with Crippen molar-refractivity contribution >= 4 is 57.9 Å². The Kier molecular flexibility index (Phi) is 7.59. The van der Waals surface area contributed by atoms with Gasteiger partial charge in [-0.1, -0.05) is 66.8 Å². The van der Waals surface area contributed by atoms with Gasteiger partial charge in [-0.2, -0.15) is 0 Å². The fourth-order valence-electron chi connectivity index (χ4n) is 3.03. The number of methoxy groups -OCH3 is 1. The highest BCUT2D eigenvalue weighted by molar-refractivity contribution is 8.26. The van der Waals surface area contributed by atoms with E-state index in [0.29, 0.717) is 27.0 Å². The van der Waals surface area contributed by atoms with Gasteiger partial charge in [0, 0.05) is 10.6 Å². The Balaban J connectivity index is 1.80. The van der Waals surface area contributed by atoms with Gasteiger partial charge in [-0.25, -0.2) is 4.79 Å². The normalized spacial score (nSPS) is 16.0. The summed E-state index contributed by atoms with van der Waals surface area (Å²) in [4.78, 5) is 25.7. The predicted octanol–water partition coefficient (Wildman–Crippen LogP) is 4.99. The number of hydrogen-bond donors (Lipinski definition) is 1. The molecule has 3 rings (SSSR count). The van der Waals surface area contributed by atoms with Gasteiger partial charge in [0.15, 0.2) is 11.5 Å². The summed E-state index contributed by atoms with van der Waals surface area (Å²) in [5.41, 5.74) is 1.55. The van der Waals surface area contributed by atoms with Gasteiger partial charge in [0.2, 0.25) is 0 Å². The maximum Gasteiger partial charge on any atom is 0.326 e. The van der Waals surface area contributed by atoms with Crippen LogP contribution in [0.4, 0.5) is 0 Å². The van der Waals surface area contributed by atoms with Crippen molar-refractivity contribution in [2.75, 3.05) is 7.11 Å². The largest absolute Gasteiger partial charge is 0.493 e. The van der Waals surface area contributed by atoms with Crippen LogP contribution in [0.15, 0.2) is 47.4 Å². The van der Waals surface area contributed by atoms with Crippen LogP contribution >= 0.6 is 35.6 Å². The number of hydrogen-bond acceptors (Lipinski definition) is 6. The Bertz CT molecular complexity index is 1060. The maximum atomic E-state index is 12.8. The molecule has 31 heavy (non-hydrogen) atoms. The van der Waals surface area contributed by atoms with Gasteiger partial charge >= 0.3 is 5.97 Å². The molecule has 1 saturated heterocycles. The van der Waals surface area contributed by atoms with Crippen molar-refractivity contribution < 1.29 is 24.2 Å². The molecule has 2 aromatic rings. The van der Waals surface area contributed by atoms with Crippen LogP contribution in [-0.2, 0) is 16.2 Å². The molecule has 1 N–H and O–H groups in total. The summed E-state index contributed by atoms with van der Waals surface area (Å²) in [6.07, 6.45) is 1.93. The van der Waals surface area contributed by atoms with E-state index in [4.69, 9.17) is 33.3 Å². The minimum Gasteiger partial charge on any atom is -0.493 e. The van der Waals surface area contributed by atoms with Gasteiger partial charge in [0.1, 0.15) is 17.0 Å². The molecule has 1 aliphatic rings. The maximum absolute atomic E-state index is 12.8. The van der Waals surface area contributed by atoms with E-state index in [1.54, 1.807) is 37.3 Å². The number of carbonyl (C=O) groups is 2. The fraction of sp³-hybridized carbons (Fsp3) is 0.227. The summed E-state index contributed by atoms with van der Waals surface area (Å²) >= 11 is 12.5. The van der Waals surface area contributed by atoms with Crippen LogP contribution in [0.5, 0.6) is 11.5 Å². The second kappa shape index (κ2) is 10.2. The molecule has 0 spiro atoms. The van der Waals surface area contributed by atoms with E-state index in [2.05, 4.69) is 0 Å². The Morgan fingerprint density at radius 2 is 2.03 bits per heavy atom. The van der Waals surface area contributed by atoms with E-state index in [-0.39, 0.29) is 17.3 Å². The summed E-state index contributed by atoms with van der Waals surface area (Å²) in [6, 6.07) is 11.7. The second-order valence-corrected chi connectivity index (χ2v) is 8.69. The van der Waals surface area contributed by atoms with Crippen molar-refractivity contribution in [1.29, 1.82) is 0 Å². The monoisotopic (exact) mass is 477 g/mol. The first kappa shape index (κ1) is 23.1. The van der Waals surface area contributed by atoms with E-state index >= 15 is 0 Å². The number of carboxylic acid groups (broad SMARTS) is 1. The molecule has 0 aliphatic carbocycles. The predicted molar refractivity (Wildman–Crippen MR) is 126 cm³/mol. The van der Waals surface area contributed by atoms with Crippen molar-refractivity contribution in [3.05, 3.63) is 63.5 Å². The van der Waals surface area contributed by atoms with Crippen LogP contribution in [0.2, 0.25) is 5.02 Å². The van der Waals surface area contributed by atoms with E-state index in [0.717, 1.165) is 22.2 Å². The Hall–Kier alpha value is -2.55. The fourth-order valence-corrected chi connectivity index (χ4v) is 4.58. The minimum absolute atomic E-state index is 0.233. The van der Waals surface area contributed by atoms with Crippen molar-refractivity contribution in [3.8, 4) is 11.5 Å². The number of ether oxygens (including phenoxy) is 2. The number of thioether (sulfide) groups is 1. The molecule has 0 saturated carbocycles. The number of carboxylic acids is 1. The molecular formula is C22H20ClNO5S2. The number of rotatable bonds is 8. The summed E-state index contributed by atoms with van der Waals surface area (Å²) in [5.74, 6) is -0.471. The van der Waals surface area contributed by atoms with Crippen molar-refractivity contribution in [1.82, 2.24) is 4.90 Å². The molecular weight excluding hydrogens is 458 g/mol. The van der Waals surface area contributed by atoms with Gasteiger partial charge in [0.25, 0.3) is 5.91 Å². The quantitative estimate of drug-likeness (QED) is 0.424. The van der Waals surface area contributed by atoms with Crippen molar-refractivity contribution in [2.45, 2.75) is 26.0 Å². The highest BCUT2D eigenvalue weighted by Crippen LogP contribution is 2.36. The lowest BCUT2D eigenvalue weighted by molar-refractivity contribution is -0.145. The second-order valence-electron chi connectivity index (χ2n) is 6.60. The molecule has 1 heterocycles. The molecule has 0 radical (unpaired) electrons. The van der Waals surface area contributed by atoms with Crippen LogP contribution in [0.3, 0.4) is 0 Å². The molecule has 6 nitrogen and oxygen atoms in total. The molecule has 9 heteroatoms. The number of thiocarbonyl (C=S) groups is 1. The van der Waals surface area contributed by atoms with E-state index in [1.807, 2.05) is 18.2 Å². The van der Waals surface area contributed by atoms with Crippen LogP contribution in [-0.4, -0.2) is 39.4 Å². The average Bonchev–Trinajstić information content (AvgIpc) is 3.02. The molecule has 1 aliphatic heterocycles. The molecule has 162 valence electrons. The molecule has 0 aromatic heterocycles. The van der Waals surface area contributed by atoms with Gasteiger partial charge in [-0.05, 0) is 36.3 Å². The average molecular weight is 478 g/mol. The molecule has 0 bridgehead atoms. The third-order valence-corrected chi connectivity index (χ3v) is 6.33. The molecule has 1 amide bonds. The van der Waals surface area contributed by atoms with Gasteiger partial charge < -0.3 is 14.6 Å². The van der Waals surface area contributed by atoms with Crippen LogP contribution in [0, 0.1) is 0 Å². The first-order valence-corrected chi connectivity index (χ1v) is 11.0. The lowest BCUT2D eigenvalue weighted by atomic mass is 10.1. The summed E-state index contributed by atoms with van der Waals surface area (Å²) in [5, 5.41) is 9.99. The topological polar surface area (TPSA) is 76.1 Å². The molecule has 2 aromatic carbocycles. The third kappa shape index (κ3) is 5.20.